The number of carbonyl (C=O) groups excluding carboxylic acids is 1. The van der Waals surface area contributed by atoms with Gasteiger partial charge in [-0.1, -0.05) is 0 Å². The van der Waals surface area contributed by atoms with E-state index in [1.54, 1.807) is 6.26 Å². The standard InChI is InChI=1S/C19H28N2O4/c22-19(20-10-16-2-1-5-24-16)9-17-8-15-12-21(13-18(15)25-17)11-14-3-6-23-7-4-14/h1-2,5,14-15,17-18H,3-4,6-13H2,(H,20,22)/t15-,17+,18+/m0/s1. The first-order chi connectivity index (χ1) is 12.3. The number of fused-ring (bicyclic) bond motifs is 1. The summed E-state index contributed by atoms with van der Waals surface area (Å²) in [6.45, 7) is 5.59. The summed E-state index contributed by atoms with van der Waals surface area (Å²) in [5, 5.41) is 2.91. The summed E-state index contributed by atoms with van der Waals surface area (Å²) in [5.74, 6) is 2.18. The van der Waals surface area contributed by atoms with Crippen LogP contribution < -0.4 is 5.32 Å². The predicted molar refractivity (Wildman–Crippen MR) is 91.9 cm³/mol. The number of furan rings is 1. The van der Waals surface area contributed by atoms with E-state index in [-0.39, 0.29) is 12.0 Å². The van der Waals surface area contributed by atoms with Crippen LogP contribution in [0.1, 0.15) is 31.4 Å². The van der Waals surface area contributed by atoms with Gasteiger partial charge in [0.25, 0.3) is 0 Å². The molecular formula is C19H28N2O4. The number of rotatable bonds is 6. The van der Waals surface area contributed by atoms with Crippen molar-refractivity contribution in [3.05, 3.63) is 24.2 Å². The third-order valence-corrected chi connectivity index (χ3v) is 5.70. The summed E-state index contributed by atoms with van der Waals surface area (Å²) in [7, 11) is 0. The van der Waals surface area contributed by atoms with Crippen LogP contribution in [0.15, 0.2) is 22.8 Å². The van der Waals surface area contributed by atoms with Gasteiger partial charge in [0.2, 0.25) is 5.91 Å². The van der Waals surface area contributed by atoms with Crippen LogP contribution in [-0.2, 0) is 20.8 Å². The van der Waals surface area contributed by atoms with Crippen molar-refractivity contribution in [3.8, 4) is 0 Å². The minimum absolute atomic E-state index is 0.0421. The van der Waals surface area contributed by atoms with Crippen molar-refractivity contribution in [1.29, 1.82) is 0 Å². The molecule has 0 bridgehead atoms. The Hall–Kier alpha value is -1.37. The third-order valence-electron chi connectivity index (χ3n) is 5.70. The van der Waals surface area contributed by atoms with Gasteiger partial charge in [-0.25, -0.2) is 0 Å². The number of hydrogen-bond acceptors (Lipinski definition) is 5. The second kappa shape index (κ2) is 7.89. The second-order valence-electron chi connectivity index (χ2n) is 7.63. The van der Waals surface area contributed by atoms with Gasteiger partial charge in [0.15, 0.2) is 0 Å². The van der Waals surface area contributed by atoms with Gasteiger partial charge in [0.1, 0.15) is 5.76 Å². The molecule has 1 N–H and O–H groups in total. The van der Waals surface area contributed by atoms with E-state index in [0.717, 1.165) is 44.4 Å². The Bertz CT molecular complexity index is 542. The van der Waals surface area contributed by atoms with Crippen LogP contribution in [0.4, 0.5) is 0 Å². The van der Waals surface area contributed by atoms with Crippen molar-refractivity contribution < 1.29 is 18.7 Å². The zero-order valence-electron chi connectivity index (χ0n) is 14.7. The first kappa shape index (κ1) is 17.1. The number of carbonyl (C=O) groups is 1. The van der Waals surface area contributed by atoms with E-state index in [1.807, 2.05) is 12.1 Å². The molecular weight excluding hydrogens is 320 g/mol. The molecule has 3 atom stereocenters. The van der Waals surface area contributed by atoms with Gasteiger partial charge >= 0.3 is 0 Å². The van der Waals surface area contributed by atoms with Gasteiger partial charge in [-0.15, -0.1) is 0 Å². The lowest BCUT2D eigenvalue weighted by molar-refractivity contribution is -0.124. The lowest BCUT2D eigenvalue weighted by Gasteiger charge is -2.27. The van der Waals surface area contributed by atoms with E-state index in [4.69, 9.17) is 13.9 Å². The molecule has 1 amide bonds. The molecule has 138 valence electrons. The highest BCUT2D eigenvalue weighted by Gasteiger charge is 2.42. The van der Waals surface area contributed by atoms with Gasteiger partial charge < -0.3 is 24.1 Å². The molecule has 3 saturated heterocycles. The highest BCUT2D eigenvalue weighted by Crippen LogP contribution is 2.35. The van der Waals surface area contributed by atoms with Crippen LogP contribution in [-0.4, -0.2) is 55.9 Å². The van der Waals surface area contributed by atoms with Crippen LogP contribution >= 0.6 is 0 Å². The van der Waals surface area contributed by atoms with Crippen molar-refractivity contribution in [2.24, 2.45) is 11.8 Å². The number of nitrogens with one attached hydrogen (secondary N) is 1. The number of nitrogens with zero attached hydrogens (tertiary/aromatic N) is 1. The summed E-state index contributed by atoms with van der Waals surface area (Å²) < 4.78 is 16.8. The Morgan fingerprint density at radius 1 is 1.28 bits per heavy atom. The lowest BCUT2D eigenvalue weighted by atomic mass is 9.99. The Balaban J connectivity index is 1.17. The summed E-state index contributed by atoms with van der Waals surface area (Å²) in [5.41, 5.74) is 0. The molecule has 6 nitrogen and oxygen atoms in total. The van der Waals surface area contributed by atoms with Crippen LogP contribution in [0.2, 0.25) is 0 Å². The van der Waals surface area contributed by atoms with Gasteiger partial charge in [0, 0.05) is 38.8 Å². The van der Waals surface area contributed by atoms with Crippen LogP contribution in [0, 0.1) is 11.8 Å². The molecule has 3 fully saturated rings. The predicted octanol–water partition coefficient (Wildman–Crippen LogP) is 1.80. The number of ether oxygens (including phenoxy) is 2. The molecule has 25 heavy (non-hydrogen) atoms. The van der Waals surface area contributed by atoms with E-state index in [2.05, 4.69) is 10.2 Å². The molecule has 1 aromatic heterocycles. The summed E-state index contributed by atoms with van der Waals surface area (Å²) in [6, 6.07) is 3.69. The van der Waals surface area contributed by atoms with E-state index in [1.165, 1.54) is 19.4 Å². The van der Waals surface area contributed by atoms with Gasteiger partial charge in [-0.3, -0.25) is 4.79 Å². The zero-order valence-corrected chi connectivity index (χ0v) is 14.7. The molecule has 0 unspecified atom stereocenters. The second-order valence-corrected chi connectivity index (χ2v) is 7.63. The van der Waals surface area contributed by atoms with Crippen LogP contribution in [0.25, 0.3) is 0 Å². The molecule has 4 heterocycles. The zero-order chi connectivity index (χ0) is 17.1. The summed E-state index contributed by atoms with van der Waals surface area (Å²) in [4.78, 5) is 14.6. The van der Waals surface area contributed by atoms with Crippen molar-refractivity contribution in [1.82, 2.24) is 10.2 Å². The fourth-order valence-electron chi connectivity index (χ4n) is 4.40. The minimum atomic E-state index is 0.0421. The monoisotopic (exact) mass is 348 g/mol. The molecule has 4 rings (SSSR count). The van der Waals surface area contributed by atoms with Crippen molar-refractivity contribution in [3.63, 3.8) is 0 Å². The average Bonchev–Trinajstić information content (AvgIpc) is 3.30. The van der Waals surface area contributed by atoms with E-state index >= 15 is 0 Å². The molecule has 0 saturated carbocycles. The average molecular weight is 348 g/mol. The summed E-state index contributed by atoms with van der Waals surface area (Å²) >= 11 is 0. The van der Waals surface area contributed by atoms with Crippen molar-refractivity contribution in [2.45, 2.75) is 44.4 Å². The highest BCUT2D eigenvalue weighted by molar-refractivity contribution is 5.76. The van der Waals surface area contributed by atoms with E-state index in [0.29, 0.717) is 25.0 Å². The Kier molecular flexibility index (Phi) is 5.39. The molecule has 3 aliphatic rings. The quantitative estimate of drug-likeness (QED) is 0.849. The van der Waals surface area contributed by atoms with Gasteiger partial charge in [0.05, 0.1) is 31.4 Å². The first-order valence-corrected chi connectivity index (χ1v) is 9.51. The summed E-state index contributed by atoms with van der Waals surface area (Å²) in [6.07, 6.45) is 5.82. The normalized spacial score (nSPS) is 30.5. The van der Waals surface area contributed by atoms with E-state index in [9.17, 15) is 4.79 Å². The maximum absolute atomic E-state index is 12.1. The lowest BCUT2D eigenvalue weighted by Crippen LogP contribution is -2.33. The van der Waals surface area contributed by atoms with Crippen LogP contribution in [0.5, 0.6) is 0 Å². The molecule has 1 aromatic rings. The molecule has 0 aromatic carbocycles. The topological polar surface area (TPSA) is 63.9 Å². The van der Waals surface area contributed by atoms with E-state index < -0.39 is 0 Å². The minimum Gasteiger partial charge on any atom is -0.467 e. The number of hydrogen-bond donors (Lipinski definition) is 1. The van der Waals surface area contributed by atoms with Gasteiger partial charge in [-0.05, 0) is 37.3 Å². The van der Waals surface area contributed by atoms with Crippen molar-refractivity contribution >= 4 is 5.91 Å². The van der Waals surface area contributed by atoms with Gasteiger partial charge in [-0.2, -0.15) is 0 Å². The molecule has 0 spiro atoms. The smallest absolute Gasteiger partial charge is 0.222 e. The Morgan fingerprint density at radius 3 is 2.92 bits per heavy atom. The first-order valence-electron chi connectivity index (χ1n) is 9.51. The maximum Gasteiger partial charge on any atom is 0.222 e. The molecule has 6 heteroatoms. The largest absolute Gasteiger partial charge is 0.467 e. The fraction of sp³-hybridized carbons (Fsp3) is 0.737. The maximum atomic E-state index is 12.1. The third kappa shape index (κ3) is 4.43. The number of likely N-dealkylation sites (tertiary alicyclic amines) is 1. The SMILES string of the molecule is O=C(C[C@H]1C[C@H]2CN(CC3CCOCC3)C[C@H]2O1)NCc1ccco1. The van der Waals surface area contributed by atoms with Crippen molar-refractivity contribution in [2.75, 3.05) is 32.8 Å². The highest BCUT2D eigenvalue weighted by atomic mass is 16.5. The van der Waals surface area contributed by atoms with Crippen LogP contribution in [0.3, 0.4) is 0 Å². The molecule has 0 aliphatic carbocycles. The Morgan fingerprint density at radius 2 is 2.16 bits per heavy atom. The Labute approximate surface area is 148 Å². The fourth-order valence-corrected chi connectivity index (χ4v) is 4.40. The molecule has 0 radical (unpaired) electrons. The number of amides is 1. The molecule has 3 aliphatic heterocycles.